The van der Waals surface area contributed by atoms with Gasteiger partial charge in [-0.3, -0.25) is 4.79 Å². The normalized spacial score (nSPS) is 21.5. The van der Waals surface area contributed by atoms with Crippen LogP contribution in [-0.4, -0.2) is 44.3 Å². The number of hydrogen-bond acceptors (Lipinski definition) is 6. The van der Waals surface area contributed by atoms with Crippen LogP contribution in [0.3, 0.4) is 0 Å². The highest BCUT2D eigenvalue weighted by molar-refractivity contribution is 7.86. The Labute approximate surface area is 98.7 Å². The molecule has 0 aliphatic carbocycles. The van der Waals surface area contributed by atoms with E-state index >= 15 is 0 Å². The van der Waals surface area contributed by atoms with Crippen molar-refractivity contribution in [2.75, 3.05) is 18.9 Å². The number of hydrogen-bond donors (Lipinski definition) is 2. The van der Waals surface area contributed by atoms with E-state index in [4.69, 9.17) is 0 Å². The lowest BCUT2D eigenvalue weighted by Gasteiger charge is -2.07. The highest BCUT2D eigenvalue weighted by atomic mass is 32.3. The lowest BCUT2D eigenvalue weighted by molar-refractivity contribution is -0.119. The lowest BCUT2D eigenvalue weighted by Crippen LogP contribution is -2.31. The molecule has 0 aromatic carbocycles. The Hall–Kier alpha value is -1.15. The molecule has 1 fully saturated rings. The van der Waals surface area contributed by atoms with Gasteiger partial charge in [0.1, 0.15) is 18.6 Å². The second kappa shape index (κ2) is 5.97. The summed E-state index contributed by atoms with van der Waals surface area (Å²) in [6.45, 7) is 0.263. The minimum absolute atomic E-state index is 0.431. The standard InChI is InChI=1S/C9H14FNO5S/c10-17(14,15)5-4-16-6-8(12)9(13)7-2-1-3-11-7/h6-7,11-12H,1-5H2/t7-/m0/s1. The smallest absolute Gasteiger partial charge is 0.305 e. The maximum Gasteiger partial charge on any atom is 0.305 e. The number of ether oxygens (including phenoxy) is 1. The van der Waals surface area contributed by atoms with Crippen molar-refractivity contribution < 1.29 is 26.9 Å². The fraction of sp³-hybridized carbons (Fsp3) is 0.667. The summed E-state index contributed by atoms with van der Waals surface area (Å²) in [5, 5.41) is 12.2. The molecule has 0 amide bonds. The zero-order chi connectivity index (χ0) is 12.9. The molecule has 17 heavy (non-hydrogen) atoms. The third kappa shape index (κ3) is 5.14. The molecule has 0 aromatic heterocycles. The fourth-order valence-electron chi connectivity index (χ4n) is 1.43. The molecule has 0 spiro atoms. The van der Waals surface area contributed by atoms with Crippen LogP contribution < -0.4 is 5.32 Å². The SMILES string of the molecule is O=C(C(O)=COCCS(=O)(=O)F)[C@@H]1CCCN1. The summed E-state index contributed by atoms with van der Waals surface area (Å²) in [5.41, 5.74) is 0. The zero-order valence-electron chi connectivity index (χ0n) is 9.06. The molecule has 6 nitrogen and oxygen atoms in total. The molecule has 0 saturated carbocycles. The van der Waals surface area contributed by atoms with Gasteiger partial charge in [0, 0.05) is 0 Å². The molecule has 98 valence electrons. The molecule has 0 bridgehead atoms. The lowest BCUT2D eigenvalue weighted by atomic mass is 10.1. The predicted octanol–water partition coefficient (Wildman–Crippen LogP) is 0.0228. The zero-order valence-corrected chi connectivity index (χ0v) is 9.87. The van der Waals surface area contributed by atoms with E-state index in [-0.39, 0.29) is 0 Å². The van der Waals surface area contributed by atoms with Crippen LogP contribution in [0.5, 0.6) is 0 Å². The van der Waals surface area contributed by atoms with Crippen molar-refractivity contribution >= 4 is 16.0 Å². The Kier molecular flexibility index (Phi) is 4.88. The van der Waals surface area contributed by atoms with Gasteiger partial charge in [0.05, 0.1) is 6.04 Å². The third-order valence-corrected chi connectivity index (χ3v) is 2.92. The topological polar surface area (TPSA) is 92.7 Å². The summed E-state index contributed by atoms with van der Waals surface area (Å²) in [5.74, 6) is -1.92. The van der Waals surface area contributed by atoms with Crippen molar-refractivity contribution in [1.82, 2.24) is 5.32 Å². The van der Waals surface area contributed by atoms with Crippen molar-refractivity contribution in [1.29, 1.82) is 0 Å². The van der Waals surface area contributed by atoms with Crippen LogP contribution in [0, 0.1) is 0 Å². The molecule has 1 saturated heterocycles. The van der Waals surface area contributed by atoms with Gasteiger partial charge in [-0.25, -0.2) is 0 Å². The maximum atomic E-state index is 12.0. The summed E-state index contributed by atoms with van der Waals surface area (Å²) in [7, 11) is -4.59. The van der Waals surface area contributed by atoms with Crippen LogP contribution in [0.25, 0.3) is 0 Å². The minimum atomic E-state index is -4.59. The van der Waals surface area contributed by atoms with Crippen molar-refractivity contribution in [3.8, 4) is 0 Å². The molecule has 1 rings (SSSR count). The van der Waals surface area contributed by atoms with Gasteiger partial charge in [0.2, 0.25) is 5.78 Å². The quantitative estimate of drug-likeness (QED) is 0.305. The molecule has 0 radical (unpaired) electrons. The van der Waals surface area contributed by atoms with Crippen molar-refractivity contribution in [3.63, 3.8) is 0 Å². The Morgan fingerprint density at radius 1 is 1.59 bits per heavy atom. The summed E-state index contributed by atoms with van der Waals surface area (Å²) in [6, 6.07) is -0.431. The largest absolute Gasteiger partial charge is 0.502 e. The summed E-state index contributed by atoms with van der Waals surface area (Å²) in [4.78, 5) is 11.5. The second-order valence-electron chi connectivity index (χ2n) is 3.63. The molecule has 8 heteroatoms. The highest BCUT2D eigenvalue weighted by Gasteiger charge is 2.24. The first kappa shape index (κ1) is 13.9. The van der Waals surface area contributed by atoms with E-state index in [2.05, 4.69) is 10.1 Å². The molecule has 1 aliphatic rings. The van der Waals surface area contributed by atoms with Gasteiger partial charge in [-0.1, -0.05) is 0 Å². The molecule has 1 aliphatic heterocycles. The average Bonchev–Trinajstić information content (AvgIpc) is 2.74. The predicted molar refractivity (Wildman–Crippen MR) is 57.6 cm³/mol. The van der Waals surface area contributed by atoms with Crippen LogP contribution in [0.4, 0.5) is 3.89 Å². The van der Waals surface area contributed by atoms with E-state index < -0.39 is 40.2 Å². The Morgan fingerprint density at radius 3 is 2.82 bits per heavy atom. The number of Topliss-reactive ketones (excluding diaryl/α,β-unsaturated/α-hetero) is 1. The number of halogens is 1. The molecular formula is C9H14FNO5S. The maximum absolute atomic E-state index is 12.0. The Morgan fingerprint density at radius 2 is 2.29 bits per heavy atom. The summed E-state index contributed by atoms with van der Waals surface area (Å²) >= 11 is 0. The van der Waals surface area contributed by atoms with Gasteiger partial charge >= 0.3 is 10.2 Å². The first-order valence-electron chi connectivity index (χ1n) is 5.11. The van der Waals surface area contributed by atoms with E-state index in [1.807, 2.05) is 0 Å². The Balaban J connectivity index is 2.35. The Bertz CT molecular complexity index is 400. The van der Waals surface area contributed by atoms with Gasteiger partial charge in [-0.05, 0) is 19.4 Å². The monoisotopic (exact) mass is 267 g/mol. The summed E-state index contributed by atoms with van der Waals surface area (Å²) < 4.78 is 36.8. The van der Waals surface area contributed by atoms with Crippen molar-refractivity contribution in [2.24, 2.45) is 0 Å². The van der Waals surface area contributed by atoms with Gasteiger partial charge in [0.15, 0.2) is 5.76 Å². The van der Waals surface area contributed by atoms with E-state index in [0.717, 1.165) is 12.7 Å². The number of ketones is 1. The van der Waals surface area contributed by atoms with Crippen LogP contribution in [-0.2, 0) is 19.8 Å². The number of rotatable bonds is 6. The number of aliphatic hydroxyl groups is 1. The van der Waals surface area contributed by atoms with Crippen molar-refractivity contribution in [3.05, 3.63) is 12.0 Å². The fourth-order valence-corrected chi connectivity index (χ4v) is 1.73. The van der Waals surface area contributed by atoms with Crippen LogP contribution in [0.1, 0.15) is 12.8 Å². The second-order valence-corrected chi connectivity index (χ2v) is 5.12. The van der Waals surface area contributed by atoms with Crippen LogP contribution >= 0.6 is 0 Å². The third-order valence-electron chi connectivity index (χ3n) is 2.27. The minimum Gasteiger partial charge on any atom is -0.502 e. The van der Waals surface area contributed by atoms with E-state index in [1.165, 1.54) is 0 Å². The van der Waals surface area contributed by atoms with Gasteiger partial charge in [-0.2, -0.15) is 8.42 Å². The molecular weight excluding hydrogens is 253 g/mol. The number of carbonyl (C=O) groups excluding carboxylic acids is 1. The first-order valence-corrected chi connectivity index (χ1v) is 6.66. The van der Waals surface area contributed by atoms with E-state index in [0.29, 0.717) is 13.0 Å². The molecule has 0 unspecified atom stereocenters. The van der Waals surface area contributed by atoms with E-state index in [1.54, 1.807) is 0 Å². The number of nitrogens with one attached hydrogen (secondary N) is 1. The van der Waals surface area contributed by atoms with E-state index in [9.17, 15) is 22.2 Å². The number of aliphatic hydroxyl groups excluding tert-OH is 1. The molecule has 2 N–H and O–H groups in total. The average molecular weight is 267 g/mol. The number of carbonyl (C=O) groups is 1. The van der Waals surface area contributed by atoms with Gasteiger partial charge < -0.3 is 15.2 Å². The molecule has 1 atom stereocenters. The summed E-state index contributed by atoms with van der Waals surface area (Å²) in [6.07, 6.45) is 2.23. The van der Waals surface area contributed by atoms with Gasteiger partial charge in [0.25, 0.3) is 0 Å². The van der Waals surface area contributed by atoms with Gasteiger partial charge in [-0.15, -0.1) is 3.89 Å². The first-order chi connectivity index (χ1) is 7.90. The van der Waals surface area contributed by atoms with Crippen LogP contribution in [0.15, 0.2) is 12.0 Å². The van der Waals surface area contributed by atoms with Crippen LogP contribution in [0.2, 0.25) is 0 Å². The van der Waals surface area contributed by atoms with Crippen molar-refractivity contribution in [2.45, 2.75) is 18.9 Å². The highest BCUT2D eigenvalue weighted by Crippen LogP contribution is 2.09. The molecule has 0 aromatic rings. The molecule has 1 heterocycles.